The molecule has 0 unspecified atom stereocenters. The predicted molar refractivity (Wildman–Crippen MR) is 60.7 cm³/mol. The monoisotopic (exact) mass is 258 g/mol. The lowest BCUT2D eigenvalue weighted by atomic mass is 9.54. The third-order valence-corrected chi connectivity index (χ3v) is 4.29. The summed E-state index contributed by atoms with van der Waals surface area (Å²) in [5, 5.41) is 22.7. The van der Waals surface area contributed by atoms with E-state index in [1.165, 1.54) is 19.3 Å². The maximum absolute atomic E-state index is 10.7. The van der Waals surface area contributed by atoms with E-state index in [1.807, 2.05) is 0 Å². The van der Waals surface area contributed by atoms with Crippen LogP contribution in [0.25, 0.3) is 0 Å². The maximum Gasteiger partial charge on any atom is 0.506 e. The highest BCUT2D eigenvalue weighted by atomic mass is 16.7. The average molecular weight is 258 g/mol. The molecular formula is C12H18O6. The lowest BCUT2D eigenvalue weighted by molar-refractivity contribution is -0.137. The molecule has 0 heterocycles. The van der Waals surface area contributed by atoms with Gasteiger partial charge < -0.3 is 20.1 Å². The molecule has 0 amide bonds. The van der Waals surface area contributed by atoms with Crippen LogP contribution in [0.15, 0.2) is 0 Å². The molecule has 0 aromatic heterocycles. The van der Waals surface area contributed by atoms with Gasteiger partial charge >= 0.3 is 12.3 Å². The Morgan fingerprint density at radius 3 is 1.50 bits per heavy atom. The number of hydrogen-bond donors (Lipinski definition) is 3. The van der Waals surface area contributed by atoms with Gasteiger partial charge in [-0.15, -0.1) is 0 Å². The summed E-state index contributed by atoms with van der Waals surface area (Å²) in [5.74, 6) is 2.25. The minimum Gasteiger partial charge on any atom is -0.450 e. The molecule has 4 aliphatic rings. The van der Waals surface area contributed by atoms with Crippen molar-refractivity contribution in [2.45, 2.75) is 44.1 Å². The van der Waals surface area contributed by atoms with Crippen molar-refractivity contribution < 1.29 is 29.6 Å². The topological polar surface area (TPSA) is 104 Å². The molecule has 6 nitrogen and oxygen atoms in total. The number of carbonyl (C=O) groups is 2. The molecule has 102 valence electrons. The van der Waals surface area contributed by atoms with Crippen molar-refractivity contribution in [1.29, 1.82) is 0 Å². The van der Waals surface area contributed by atoms with Gasteiger partial charge in [0.2, 0.25) is 0 Å². The van der Waals surface area contributed by atoms with Gasteiger partial charge in [0, 0.05) is 0 Å². The van der Waals surface area contributed by atoms with Gasteiger partial charge in [0.25, 0.3) is 0 Å². The number of ether oxygens (including phenoxy) is 1. The fraction of sp³-hybridized carbons (Fsp3) is 0.833. The van der Waals surface area contributed by atoms with Crippen LogP contribution in [-0.4, -0.2) is 33.2 Å². The van der Waals surface area contributed by atoms with Crippen LogP contribution in [0.2, 0.25) is 0 Å². The fourth-order valence-electron chi connectivity index (χ4n) is 4.34. The van der Waals surface area contributed by atoms with Gasteiger partial charge in [-0.2, -0.15) is 0 Å². The summed E-state index contributed by atoms with van der Waals surface area (Å²) in [5.41, 5.74) is -0.277. The first-order valence-electron chi connectivity index (χ1n) is 6.22. The van der Waals surface area contributed by atoms with Crippen molar-refractivity contribution in [3.8, 4) is 0 Å². The van der Waals surface area contributed by atoms with E-state index in [2.05, 4.69) is 0 Å². The number of hydrogen-bond acceptors (Lipinski definition) is 3. The minimum atomic E-state index is -1.83. The van der Waals surface area contributed by atoms with Gasteiger partial charge in [-0.1, -0.05) is 0 Å². The van der Waals surface area contributed by atoms with Gasteiger partial charge in [0.1, 0.15) is 5.60 Å². The minimum absolute atomic E-state index is 0.277. The van der Waals surface area contributed by atoms with Crippen LogP contribution in [0.1, 0.15) is 38.5 Å². The summed E-state index contributed by atoms with van der Waals surface area (Å²) in [6.45, 7) is 0. The van der Waals surface area contributed by atoms with Gasteiger partial charge in [-0.05, 0) is 56.3 Å². The van der Waals surface area contributed by atoms with Gasteiger partial charge in [-0.25, -0.2) is 9.59 Å². The number of carboxylic acid groups (broad SMARTS) is 3. The molecule has 0 spiro atoms. The van der Waals surface area contributed by atoms with E-state index < -0.39 is 12.3 Å². The molecule has 4 bridgehead atoms. The Hall–Kier alpha value is -1.46. The molecule has 3 N–H and O–H groups in total. The lowest BCUT2D eigenvalue weighted by Crippen LogP contribution is -2.52. The van der Waals surface area contributed by atoms with E-state index in [-0.39, 0.29) is 5.60 Å². The summed E-state index contributed by atoms with van der Waals surface area (Å²) < 4.78 is 5.17. The van der Waals surface area contributed by atoms with Crippen LogP contribution in [-0.2, 0) is 4.74 Å². The first kappa shape index (κ1) is 13.0. The largest absolute Gasteiger partial charge is 0.506 e. The maximum atomic E-state index is 10.7. The van der Waals surface area contributed by atoms with Crippen molar-refractivity contribution in [3.63, 3.8) is 0 Å². The zero-order valence-electron chi connectivity index (χ0n) is 10.0. The van der Waals surface area contributed by atoms with Gasteiger partial charge in [0.05, 0.1) is 0 Å². The zero-order chi connectivity index (χ0) is 13.3. The van der Waals surface area contributed by atoms with Crippen LogP contribution in [0.4, 0.5) is 9.59 Å². The first-order valence-corrected chi connectivity index (χ1v) is 6.22. The second-order valence-electron chi connectivity index (χ2n) is 5.75. The molecule has 0 aliphatic heterocycles. The van der Waals surface area contributed by atoms with Crippen molar-refractivity contribution in [2.24, 2.45) is 17.8 Å². The van der Waals surface area contributed by atoms with E-state index in [0.717, 1.165) is 37.0 Å². The summed E-state index contributed by atoms with van der Waals surface area (Å²) in [6.07, 6.45) is 4.03. The normalized spacial score (nSPS) is 39.7. The molecule has 0 aromatic rings. The summed E-state index contributed by atoms with van der Waals surface area (Å²) >= 11 is 0. The standard InChI is InChI=1S/C11H16O3.CH2O3/c12-10(13)14-11-4-7-1-8(5-11)3-9(2-7)6-11;2-1(3)4/h7-9H,1-6H2,(H,12,13);(H2,2,3,4). The third-order valence-electron chi connectivity index (χ3n) is 4.29. The predicted octanol–water partition coefficient (Wildman–Crippen LogP) is 2.87. The highest BCUT2D eigenvalue weighted by Gasteiger charge is 2.53. The molecule has 0 atom stereocenters. The molecule has 4 fully saturated rings. The van der Waals surface area contributed by atoms with Crippen LogP contribution in [0.3, 0.4) is 0 Å². The Labute approximate surface area is 105 Å². The number of rotatable bonds is 1. The zero-order valence-corrected chi connectivity index (χ0v) is 10.0. The van der Waals surface area contributed by atoms with Crippen LogP contribution in [0.5, 0.6) is 0 Å². The smallest absolute Gasteiger partial charge is 0.450 e. The average Bonchev–Trinajstić information content (AvgIpc) is 2.10. The van der Waals surface area contributed by atoms with Crippen molar-refractivity contribution in [3.05, 3.63) is 0 Å². The van der Waals surface area contributed by atoms with Gasteiger partial charge in [0.15, 0.2) is 0 Å². The molecule has 6 heteroatoms. The Kier molecular flexibility index (Phi) is 3.36. The molecule has 0 saturated heterocycles. The molecule has 4 aliphatic carbocycles. The summed E-state index contributed by atoms with van der Waals surface area (Å²) in [4.78, 5) is 19.2. The quantitative estimate of drug-likeness (QED) is 0.625. The molecule has 4 saturated carbocycles. The Morgan fingerprint density at radius 2 is 1.22 bits per heavy atom. The molecule has 0 radical (unpaired) electrons. The molecule has 4 rings (SSSR count). The second-order valence-corrected chi connectivity index (χ2v) is 5.75. The lowest BCUT2D eigenvalue weighted by Gasteiger charge is -2.55. The van der Waals surface area contributed by atoms with Crippen LogP contribution >= 0.6 is 0 Å². The highest BCUT2D eigenvalue weighted by Crippen LogP contribution is 2.57. The summed E-state index contributed by atoms with van der Waals surface area (Å²) in [6, 6.07) is 0. The van der Waals surface area contributed by atoms with Crippen molar-refractivity contribution in [2.75, 3.05) is 0 Å². The Bertz CT molecular complexity index is 311. The molecule has 18 heavy (non-hydrogen) atoms. The molecular weight excluding hydrogens is 240 g/mol. The van der Waals surface area contributed by atoms with Gasteiger partial charge in [-0.3, -0.25) is 0 Å². The Morgan fingerprint density at radius 1 is 0.889 bits per heavy atom. The first-order chi connectivity index (χ1) is 8.38. The SMILES string of the molecule is O=C(O)O.O=C(O)OC12CC3CC(CC(C3)C1)C2. The third kappa shape index (κ3) is 2.86. The second kappa shape index (κ2) is 4.66. The van der Waals surface area contributed by atoms with Crippen LogP contribution < -0.4 is 0 Å². The van der Waals surface area contributed by atoms with Crippen molar-refractivity contribution in [1.82, 2.24) is 0 Å². The van der Waals surface area contributed by atoms with E-state index in [1.54, 1.807) is 0 Å². The molecule has 0 aromatic carbocycles. The highest BCUT2D eigenvalue weighted by molar-refractivity contribution is 5.57. The van der Waals surface area contributed by atoms with E-state index in [4.69, 9.17) is 24.9 Å². The summed E-state index contributed by atoms with van der Waals surface area (Å²) in [7, 11) is 0. The van der Waals surface area contributed by atoms with E-state index in [9.17, 15) is 4.79 Å². The van der Waals surface area contributed by atoms with E-state index >= 15 is 0 Å². The van der Waals surface area contributed by atoms with Crippen molar-refractivity contribution >= 4 is 12.3 Å². The Balaban J connectivity index is 0.000000267. The van der Waals surface area contributed by atoms with Crippen LogP contribution in [0, 0.1) is 17.8 Å². The van der Waals surface area contributed by atoms with E-state index in [0.29, 0.717) is 0 Å². The fourth-order valence-corrected chi connectivity index (χ4v) is 4.34.